The second kappa shape index (κ2) is 4.67. The summed E-state index contributed by atoms with van der Waals surface area (Å²) in [4.78, 5) is 11.0. The minimum atomic E-state index is -1.02. The summed E-state index contributed by atoms with van der Waals surface area (Å²) in [5.74, 6) is 4.68. The fourth-order valence-electron chi connectivity index (χ4n) is 1.34. The summed E-state index contributed by atoms with van der Waals surface area (Å²) in [6.07, 6.45) is 1.47. The van der Waals surface area contributed by atoms with Crippen molar-refractivity contribution in [3.63, 3.8) is 0 Å². The Morgan fingerprint density at radius 1 is 1.50 bits per heavy atom. The number of carboxylic acids is 1. The highest BCUT2D eigenvalue weighted by molar-refractivity contribution is 5.94. The fourth-order valence-corrected chi connectivity index (χ4v) is 1.34. The monoisotopic (exact) mass is 221 g/mol. The number of hydrogen-bond acceptors (Lipinski definition) is 4. The molecule has 0 aromatic heterocycles. The van der Waals surface area contributed by atoms with Gasteiger partial charge < -0.3 is 10.8 Å². The molecular formula is C11H15N3O2. The number of hydrazine groups is 1. The molecule has 0 amide bonds. The number of allylic oxidation sites excluding steroid dienone is 1. The number of aromatic carboxylic acids is 1. The van der Waals surface area contributed by atoms with Gasteiger partial charge in [-0.05, 0) is 26.0 Å². The Hall–Kier alpha value is -2.01. The zero-order valence-electron chi connectivity index (χ0n) is 9.27. The summed E-state index contributed by atoms with van der Waals surface area (Å²) >= 11 is 0. The van der Waals surface area contributed by atoms with Gasteiger partial charge in [-0.2, -0.15) is 0 Å². The van der Waals surface area contributed by atoms with E-state index in [0.29, 0.717) is 11.4 Å². The van der Waals surface area contributed by atoms with E-state index in [1.54, 1.807) is 25.1 Å². The Balaban J connectivity index is 3.22. The largest absolute Gasteiger partial charge is 0.478 e. The predicted molar refractivity (Wildman–Crippen MR) is 62.7 cm³/mol. The molecule has 0 aliphatic heterocycles. The summed E-state index contributed by atoms with van der Waals surface area (Å²) in [6.45, 7) is 3.50. The van der Waals surface area contributed by atoms with Crippen LogP contribution in [-0.2, 0) is 0 Å². The number of rotatable bonds is 3. The van der Waals surface area contributed by atoms with Crippen LogP contribution >= 0.6 is 0 Å². The maximum atomic E-state index is 11.0. The Kier molecular flexibility index (Phi) is 3.52. The zero-order valence-corrected chi connectivity index (χ0v) is 9.27. The Morgan fingerprint density at radius 2 is 2.12 bits per heavy atom. The van der Waals surface area contributed by atoms with Gasteiger partial charge in [0.15, 0.2) is 0 Å². The third kappa shape index (κ3) is 2.74. The third-order valence-corrected chi connectivity index (χ3v) is 2.00. The highest BCUT2D eigenvalue weighted by Crippen LogP contribution is 2.20. The lowest BCUT2D eigenvalue weighted by Crippen LogP contribution is -2.27. The molecule has 0 atom stereocenters. The quantitative estimate of drug-likeness (QED) is 0.526. The smallest absolute Gasteiger partial charge is 0.337 e. The van der Waals surface area contributed by atoms with Crippen molar-refractivity contribution < 1.29 is 9.90 Å². The van der Waals surface area contributed by atoms with Gasteiger partial charge in [-0.25, -0.2) is 10.6 Å². The van der Waals surface area contributed by atoms with Crippen molar-refractivity contribution in [1.82, 2.24) is 0 Å². The number of benzene rings is 1. The average Bonchev–Trinajstić information content (AvgIpc) is 2.16. The van der Waals surface area contributed by atoms with E-state index in [1.807, 2.05) is 6.92 Å². The van der Waals surface area contributed by atoms with Gasteiger partial charge in [-0.3, -0.25) is 5.01 Å². The topological polar surface area (TPSA) is 92.6 Å². The van der Waals surface area contributed by atoms with E-state index in [1.165, 1.54) is 11.2 Å². The Bertz CT molecular complexity index is 437. The molecule has 16 heavy (non-hydrogen) atoms. The van der Waals surface area contributed by atoms with Crippen LogP contribution in [0, 0.1) is 6.92 Å². The molecular weight excluding hydrogens is 206 g/mol. The molecule has 0 spiro atoms. The van der Waals surface area contributed by atoms with Crippen LogP contribution in [0.15, 0.2) is 30.1 Å². The normalized spacial score (nSPS) is 11.3. The van der Waals surface area contributed by atoms with Crippen molar-refractivity contribution in [2.75, 3.05) is 5.01 Å². The zero-order chi connectivity index (χ0) is 12.3. The van der Waals surface area contributed by atoms with Crippen LogP contribution < -0.4 is 16.6 Å². The molecule has 1 aromatic rings. The molecule has 86 valence electrons. The van der Waals surface area contributed by atoms with E-state index in [2.05, 4.69) is 0 Å². The van der Waals surface area contributed by atoms with Gasteiger partial charge in [0, 0.05) is 11.9 Å². The molecule has 0 heterocycles. The molecule has 1 rings (SSSR count). The van der Waals surface area contributed by atoms with E-state index in [4.69, 9.17) is 16.7 Å². The molecule has 0 aliphatic rings. The predicted octanol–water partition coefficient (Wildman–Crippen LogP) is 1.19. The highest BCUT2D eigenvalue weighted by Gasteiger charge is 2.12. The van der Waals surface area contributed by atoms with Gasteiger partial charge >= 0.3 is 5.97 Å². The van der Waals surface area contributed by atoms with Crippen molar-refractivity contribution in [2.45, 2.75) is 13.8 Å². The molecule has 0 aliphatic carbocycles. The SMILES string of the molecule is C/C(N)=C/N(N)c1ccc(C)cc1C(=O)O. The summed E-state index contributed by atoms with van der Waals surface area (Å²) < 4.78 is 0. The first-order chi connectivity index (χ1) is 7.41. The van der Waals surface area contributed by atoms with Crippen LogP contribution in [0.25, 0.3) is 0 Å². The van der Waals surface area contributed by atoms with Crippen LogP contribution in [0.4, 0.5) is 5.69 Å². The number of carboxylic acid groups (broad SMARTS) is 1. The van der Waals surface area contributed by atoms with Crippen LogP contribution in [0.5, 0.6) is 0 Å². The van der Waals surface area contributed by atoms with Crippen LogP contribution in [0.2, 0.25) is 0 Å². The minimum absolute atomic E-state index is 0.153. The molecule has 1 aromatic carbocycles. The van der Waals surface area contributed by atoms with Gasteiger partial charge in [0.05, 0.1) is 11.3 Å². The van der Waals surface area contributed by atoms with Gasteiger partial charge in [-0.1, -0.05) is 11.6 Å². The Labute approximate surface area is 93.9 Å². The summed E-state index contributed by atoms with van der Waals surface area (Å²) in [5.41, 5.74) is 7.40. The van der Waals surface area contributed by atoms with Crippen molar-refractivity contribution >= 4 is 11.7 Å². The minimum Gasteiger partial charge on any atom is -0.478 e. The van der Waals surface area contributed by atoms with Gasteiger partial charge in [0.25, 0.3) is 0 Å². The molecule has 5 N–H and O–H groups in total. The van der Waals surface area contributed by atoms with Crippen LogP contribution in [-0.4, -0.2) is 11.1 Å². The molecule has 0 unspecified atom stereocenters. The van der Waals surface area contributed by atoms with Crippen molar-refractivity contribution in [1.29, 1.82) is 0 Å². The molecule has 0 radical (unpaired) electrons. The molecule has 0 bridgehead atoms. The molecule has 0 saturated carbocycles. The van der Waals surface area contributed by atoms with E-state index in [9.17, 15) is 4.79 Å². The van der Waals surface area contributed by atoms with Crippen molar-refractivity contribution in [3.8, 4) is 0 Å². The number of aryl methyl sites for hydroxylation is 1. The summed E-state index contributed by atoms with van der Waals surface area (Å²) in [7, 11) is 0. The van der Waals surface area contributed by atoms with E-state index in [0.717, 1.165) is 5.56 Å². The first kappa shape index (κ1) is 12.1. The number of hydrogen-bond donors (Lipinski definition) is 3. The molecule has 0 fully saturated rings. The van der Waals surface area contributed by atoms with Crippen molar-refractivity contribution in [3.05, 3.63) is 41.2 Å². The fraction of sp³-hybridized carbons (Fsp3) is 0.182. The van der Waals surface area contributed by atoms with Crippen LogP contribution in [0.3, 0.4) is 0 Å². The van der Waals surface area contributed by atoms with Gasteiger partial charge in [0.2, 0.25) is 0 Å². The molecule has 5 heteroatoms. The van der Waals surface area contributed by atoms with Crippen LogP contribution in [0.1, 0.15) is 22.8 Å². The van der Waals surface area contributed by atoms with Gasteiger partial charge in [-0.15, -0.1) is 0 Å². The van der Waals surface area contributed by atoms with E-state index in [-0.39, 0.29) is 5.56 Å². The van der Waals surface area contributed by atoms with Gasteiger partial charge in [0.1, 0.15) is 0 Å². The first-order valence-electron chi connectivity index (χ1n) is 4.73. The second-order valence-corrected chi connectivity index (χ2v) is 3.61. The Morgan fingerprint density at radius 3 is 2.62 bits per heavy atom. The summed E-state index contributed by atoms with van der Waals surface area (Å²) in [5, 5.41) is 10.2. The average molecular weight is 221 g/mol. The third-order valence-electron chi connectivity index (χ3n) is 2.00. The highest BCUT2D eigenvalue weighted by atomic mass is 16.4. The first-order valence-corrected chi connectivity index (χ1v) is 4.73. The number of carbonyl (C=O) groups is 1. The number of anilines is 1. The van der Waals surface area contributed by atoms with E-state index < -0.39 is 5.97 Å². The standard InChI is InChI=1S/C11H15N3O2/c1-7-3-4-10(9(5-7)11(15)16)14(13)6-8(2)12/h3-6H,12-13H2,1-2H3,(H,15,16)/b8-6-. The lowest BCUT2D eigenvalue weighted by molar-refractivity contribution is 0.0697. The lowest BCUT2D eigenvalue weighted by atomic mass is 10.1. The maximum absolute atomic E-state index is 11.0. The molecule has 5 nitrogen and oxygen atoms in total. The lowest BCUT2D eigenvalue weighted by Gasteiger charge is -2.17. The maximum Gasteiger partial charge on any atom is 0.337 e. The number of nitrogens with two attached hydrogens (primary N) is 2. The number of nitrogens with zero attached hydrogens (tertiary/aromatic N) is 1. The van der Waals surface area contributed by atoms with E-state index >= 15 is 0 Å². The summed E-state index contributed by atoms with van der Waals surface area (Å²) in [6, 6.07) is 5.01. The van der Waals surface area contributed by atoms with Crippen molar-refractivity contribution in [2.24, 2.45) is 11.6 Å². The molecule has 0 saturated heterocycles. The second-order valence-electron chi connectivity index (χ2n) is 3.61.